The van der Waals surface area contributed by atoms with E-state index in [4.69, 9.17) is 10.5 Å². The smallest absolute Gasteiger partial charge is 0.130 e. The molecule has 0 radical (unpaired) electrons. The van der Waals surface area contributed by atoms with E-state index in [1.54, 1.807) is 6.20 Å². The van der Waals surface area contributed by atoms with E-state index >= 15 is 0 Å². The van der Waals surface area contributed by atoms with E-state index < -0.39 is 0 Å². The van der Waals surface area contributed by atoms with Gasteiger partial charge < -0.3 is 15.8 Å². The Kier molecular flexibility index (Phi) is 2.72. The summed E-state index contributed by atoms with van der Waals surface area (Å²) in [6, 6.07) is 2.24. The molecule has 2 heterocycles. The van der Waals surface area contributed by atoms with E-state index in [2.05, 4.69) is 15.3 Å². The minimum Gasteiger partial charge on any atom is -0.376 e. The van der Waals surface area contributed by atoms with Crippen LogP contribution in [0.15, 0.2) is 12.3 Å². The van der Waals surface area contributed by atoms with Gasteiger partial charge in [-0.3, -0.25) is 0 Å². The number of aryl methyl sites for hydroxylation is 1. The van der Waals surface area contributed by atoms with Crippen molar-refractivity contribution >= 4 is 5.82 Å². The third kappa shape index (κ3) is 1.89. The zero-order valence-electron chi connectivity index (χ0n) is 9.97. The van der Waals surface area contributed by atoms with Gasteiger partial charge in [-0.15, -0.1) is 0 Å². The van der Waals surface area contributed by atoms with E-state index in [0.29, 0.717) is 5.92 Å². The largest absolute Gasteiger partial charge is 0.376 e. The summed E-state index contributed by atoms with van der Waals surface area (Å²) in [6.45, 7) is 2.74. The Hall–Kier alpha value is -1.20. The van der Waals surface area contributed by atoms with Crippen LogP contribution in [0.5, 0.6) is 0 Å². The van der Waals surface area contributed by atoms with Crippen LogP contribution in [0.25, 0.3) is 0 Å². The first-order valence-corrected chi connectivity index (χ1v) is 6.19. The van der Waals surface area contributed by atoms with Gasteiger partial charge in [0.25, 0.3) is 0 Å². The maximum absolute atomic E-state index is 6.18. The fourth-order valence-electron chi connectivity index (χ4n) is 2.83. The first kappa shape index (κ1) is 10.9. The predicted octanol–water partition coefficient (Wildman–Crippen LogP) is 0.702. The fourth-order valence-corrected chi connectivity index (χ4v) is 2.83. The number of rotatable bonds is 2. The van der Waals surface area contributed by atoms with Gasteiger partial charge in [-0.25, -0.2) is 9.97 Å². The molecule has 1 aromatic heterocycles. The molecule has 4 unspecified atom stereocenters. The van der Waals surface area contributed by atoms with Crippen molar-refractivity contribution in [1.82, 2.24) is 9.97 Å². The van der Waals surface area contributed by atoms with Crippen molar-refractivity contribution in [2.75, 3.05) is 11.9 Å². The number of nitrogens with zero attached hydrogens (tertiary/aromatic N) is 2. The molecule has 0 spiro atoms. The van der Waals surface area contributed by atoms with E-state index in [0.717, 1.165) is 24.7 Å². The number of aromatic nitrogens is 2. The molecule has 92 valence electrons. The van der Waals surface area contributed by atoms with Crippen LogP contribution >= 0.6 is 0 Å². The van der Waals surface area contributed by atoms with Gasteiger partial charge in [0.2, 0.25) is 0 Å². The Morgan fingerprint density at radius 1 is 1.53 bits per heavy atom. The first-order valence-electron chi connectivity index (χ1n) is 6.19. The summed E-state index contributed by atoms with van der Waals surface area (Å²) in [7, 11) is 0. The van der Waals surface area contributed by atoms with Crippen LogP contribution in [0, 0.1) is 12.8 Å². The van der Waals surface area contributed by atoms with Crippen LogP contribution < -0.4 is 11.1 Å². The minimum atomic E-state index is 0.176. The average molecular weight is 234 g/mol. The van der Waals surface area contributed by atoms with Crippen LogP contribution in [0.4, 0.5) is 5.82 Å². The Bertz CT molecular complexity index is 411. The summed E-state index contributed by atoms with van der Waals surface area (Å²) in [5, 5.41) is 3.37. The SMILES string of the molecule is Cc1nccc(NC2C(N)C3CCCOC32)n1. The summed E-state index contributed by atoms with van der Waals surface area (Å²) in [5.74, 6) is 2.12. The van der Waals surface area contributed by atoms with Gasteiger partial charge in [-0.1, -0.05) is 0 Å². The Morgan fingerprint density at radius 2 is 2.41 bits per heavy atom. The van der Waals surface area contributed by atoms with Gasteiger partial charge in [0.05, 0.1) is 12.1 Å². The van der Waals surface area contributed by atoms with Crippen molar-refractivity contribution in [3.8, 4) is 0 Å². The third-order valence-corrected chi connectivity index (χ3v) is 3.77. The molecule has 1 saturated carbocycles. The van der Waals surface area contributed by atoms with Crippen molar-refractivity contribution in [3.05, 3.63) is 18.1 Å². The van der Waals surface area contributed by atoms with Crippen LogP contribution in [-0.2, 0) is 4.74 Å². The standard InChI is InChI=1S/C12H18N4O/c1-7-14-5-4-9(15-7)16-11-10(13)8-3-2-6-17-12(8)11/h4-5,8,10-12H,2-3,6,13H2,1H3,(H,14,15,16). The monoisotopic (exact) mass is 234 g/mol. The average Bonchev–Trinajstić information content (AvgIpc) is 2.36. The summed E-state index contributed by atoms with van der Waals surface area (Å²) in [4.78, 5) is 8.41. The third-order valence-electron chi connectivity index (χ3n) is 3.77. The second-order valence-corrected chi connectivity index (χ2v) is 4.88. The van der Waals surface area contributed by atoms with Gasteiger partial charge in [-0.2, -0.15) is 0 Å². The molecule has 5 heteroatoms. The van der Waals surface area contributed by atoms with Gasteiger partial charge >= 0.3 is 0 Å². The highest BCUT2D eigenvalue weighted by Crippen LogP contribution is 2.38. The van der Waals surface area contributed by atoms with Crippen LogP contribution in [0.1, 0.15) is 18.7 Å². The molecule has 1 aromatic rings. The van der Waals surface area contributed by atoms with Gasteiger partial charge in [0, 0.05) is 24.8 Å². The topological polar surface area (TPSA) is 73.1 Å². The first-order chi connectivity index (χ1) is 8.25. The van der Waals surface area contributed by atoms with Crippen molar-refractivity contribution in [3.63, 3.8) is 0 Å². The number of nitrogens with one attached hydrogen (secondary N) is 1. The second kappa shape index (κ2) is 4.23. The minimum absolute atomic E-state index is 0.176. The number of hydrogen-bond acceptors (Lipinski definition) is 5. The molecule has 0 amide bonds. The molecule has 3 N–H and O–H groups in total. The molecular weight excluding hydrogens is 216 g/mol. The molecule has 2 fully saturated rings. The molecule has 17 heavy (non-hydrogen) atoms. The lowest BCUT2D eigenvalue weighted by Gasteiger charge is -2.52. The second-order valence-electron chi connectivity index (χ2n) is 4.88. The zero-order chi connectivity index (χ0) is 11.8. The molecule has 1 saturated heterocycles. The zero-order valence-corrected chi connectivity index (χ0v) is 9.97. The summed E-state index contributed by atoms with van der Waals surface area (Å²) < 4.78 is 5.78. The molecule has 1 aliphatic heterocycles. The van der Waals surface area contributed by atoms with Crippen molar-refractivity contribution in [2.45, 2.75) is 38.0 Å². The lowest BCUT2D eigenvalue weighted by molar-refractivity contribution is -0.104. The van der Waals surface area contributed by atoms with E-state index in [1.165, 1.54) is 6.42 Å². The van der Waals surface area contributed by atoms with Gasteiger partial charge in [0.1, 0.15) is 11.6 Å². The molecule has 4 atom stereocenters. The molecule has 1 aliphatic carbocycles. The molecule has 2 aliphatic rings. The quantitative estimate of drug-likeness (QED) is 0.788. The Labute approximate surface area is 101 Å². The van der Waals surface area contributed by atoms with Crippen molar-refractivity contribution in [2.24, 2.45) is 11.7 Å². The highest BCUT2D eigenvalue weighted by molar-refractivity contribution is 5.37. The van der Waals surface area contributed by atoms with Crippen LogP contribution in [0.2, 0.25) is 0 Å². The van der Waals surface area contributed by atoms with Crippen molar-refractivity contribution < 1.29 is 4.74 Å². The van der Waals surface area contributed by atoms with Crippen LogP contribution in [-0.4, -0.2) is 34.8 Å². The highest BCUT2D eigenvalue weighted by atomic mass is 16.5. The molecule has 0 aromatic carbocycles. The predicted molar refractivity (Wildman–Crippen MR) is 64.6 cm³/mol. The van der Waals surface area contributed by atoms with Crippen molar-refractivity contribution in [1.29, 1.82) is 0 Å². The number of nitrogens with two attached hydrogens (primary N) is 1. The normalized spacial score (nSPS) is 35.9. The molecular formula is C12H18N4O. The maximum Gasteiger partial charge on any atom is 0.130 e. The fraction of sp³-hybridized carbons (Fsp3) is 0.667. The molecule has 3 rings (SSSR count). The highest BCUT2D eigenvalue weighted by Gasteiger charge is 2.50. The van der Waals surface area contributed by atoms with Gasteiger partial charge in [0.15, 0.2) is 0 Å². The summed E-state index contributed by atoms with van der Waals surface area (Å²) >= 11 is 0. The number of ether oxygens (including phenoxy) is 1. The molecule has 5 nitrogen and oxygen atoms in total. The van der Waals surface area contributed by atoms with E-state index in [-0.39, 0.29) is 18.2 Å². The number of fused-ring (bicyclic) bond motifs is 1. The maximum atomic E-state index is 6.18. The lowest BCUT2D eigenvalue weighted by atomic mass is 9.68. The lowest BCUT2D eigenvalue weighted by Crippen LogP contribution is -2.69. The molecule has 0 bridgehead atoms. The summed E-state index contributed by atoms with van der Waals surface area (Å²) in [5.41, 5.74) is 6.18. The Morgan fingerprint density at radius 3 is 3.24 bits per heavy atom. The van der Waals surface area contributed by atoms with Crippen LogP contribution in [0.3, 0.4) is 0 Å². The van der Waals surface area contributed by atoms with E-state index in [9.17, 15) is 0 Å². The Balaban J connectivity index is 1.69. The summed E-state index contributed by atoms with van der Waals surface area (Å²) in [6.07, 6.45) is 4.34. The van der Waals surface area contributed by atoms with E-state index in [1.807, 2.05) is 13.0 Å². The number of hydrogen-bond donors (Lipinski definition) is 2. The van der Waals surface area contributed by atoms with Gasteiger partial charge in [-0.05, 0) is 25.8 Å². The number of anilines is 1.